The van der Waals surface area contributed by atoms with Gasteiger partial charge in [0.05, 0.1) is 17.7 Å². The van der Waals surface area contributed by atoms with E-state index in [4.69, 9.17) is 5.26 Å². The Kier molecular flexibility index (Phi) is 4.44. The van der Waals surface area contributed by atoms with Crippen molar-refractivity contribution in [2.75, 3.05) is 0 Å². The van der Waals surface area contributed by atoms with Crippen molar-refractivity contribution in [3.8, 4) is 6.07 Å². The summed E-state index contributed by atoms with van der Waals surface area (Å²) in [6, 6.07) is 12.8. The highest BCUT2D eigenvalue weighted by atomic mass is 32.1. The molecule has 0 bridgehead atoms. The van der Waals surface area contributed by atoms with Crippen LogP contribution in [0.25, 0.3) is 0 Å². The molecule has 1 N–H and O–H groups in total. The maximum Gasteiger partial charge on any atom is 0.251 e. The largest absolute Gasteiger partial charge is 0.344 e. The van der Waals surface area contributed by atoms with Gasteiger partial charge in [-0.3, -0.25) is 4.79 Å². The van der Waals surface area contributed by atoms with Gasteiger partial charge in [0.2, 0.25) is 0 Å². The molecule has 0 aliphatic rings. The molecule has 3 nitrogen and oxygen atoms in total. The molecule has 1 aromatic carbocycles. The lowest BCUT2D eigenvalue weighted by atomic mass is 9.85. The number of carbonyl (C=O) groups excluding carboxylic acids is 1. The van der Waals surface area contributed by atoms with Crippen molar-refractivity contribution < 1.29 is 4.79 Å². The molecule has 0 fully saturated rings. The molecular formula is C17H18N2OS. The lowest BCUT2D eigenvalue weighted by Gasteiger charge is -2.30. The molecule has 108 valence electrons. The van der Waals surface area contributed by atoms with E-state index in [2.05, 4.69) is 32.2 Å². The van der Waals surface area contributed by atoms with Crippen molar-refractivity contribution in [3.05, 3.63) is 57.8 Å². The van der Waals surface area contributed by atoms with Crippen molar-refractivity contribution >= 4 is 17.2 Å². The second-order valence-corrected chi connectivity index (χ2v) is 6.96. The summed E-state index contributed by atoms with van der Waals surface area (Å²) in [5.74, 6) is -0.152. The average Bonchev–Trinajstić information content (AvgIpc) is 2.97. The van der Waals surface area contributed by atoms with Gasteiger partial charge in [0.25, 0.3) is 5.91 Å². The molecular weight excluding hydrogens is 280 g/mol. The third-order valence-corrected chi connectivity index (χ3v) is 4.16. The number of rotatable bonds is 3. The van der Waals surface area contributed by atoms with E-state index in [1.807, 2.05) is 17.5 Å². The van der Waals surface area contributed by atoms with Crippen molar-refractivity contribution in [1.29, 1.82) is 5.26 Å². The summed E-state index contributed by atoms with van der Waals surface area (Å²) in [5.41, 5.74) is 0.916. The van der Waals surface area contributed by atoms with Crippen LogP contribution in [0.4, 0.5) is 0 Å². The van der Waals surface area contributed by atoms with E-state index in [0.29, 0.717) is 11.1 Å². The van der Waals surface area contributed by atoms with E-state index < -0.39 is 0 Å². The number of nitrogens with zero attached hydrogens (tertiary/aromatic N) is 1. The quantitative estimate of drug-likeness (QED) is 0.926. The van der Waals surface area contributed by atoms with Crippen LogP contribution in [-0.4, -0.2) is 5.91 Å². The number of benzene rings is 1. The van der Waals surface area contributed by atoms with Gasteiger partial charge in [-0.25, -0.2) is 0 Å². The topological polar surface area (TPSA) is 52.9 Å². The molecule has 0 unspecified atom stereocenters. The van der Waals surface area contributed by atoms with Gasteiger partial charge in [0.1, 0.15) is 0 Å². The molecule has 21 heavy (non-hydrogen) atoms. The van der Waals surface area contributed by atoms with Crippen molar-refractivity contribution in [2.45, 2.75) is 26.8 Å². The van der Waals surface area contributed by atoms with Crippen LogP contribution in [0.1, 0.15) is 47.6 Å². The minimum atomic E-state index is -0.152. The van der Waals surface area contributed by atoms with E-state index >= 15 is 0 Å². The summed E-state index contributed by atoms with van der Waals surface area (Å²) in [6.07, 6.45) is 0. The molecule has 0 radical (unpaired) electrons. The molecule has 0 saturated carbocycles. The van der Waals surface area contributed by atoms with Crippen molar-refractivity contribution in [1.82, 2.24) is 5.32 Å². The van der Waals surface area contributed by atoms with E-state index in [0.717, 1.165) is 4.88 Å². The van der Waals surface area contributed by atoms with Crippen LogP contribution >= 0.6 is 11.3 Å². The van der Waals surface area contributed by atoms with Gasteiger partial charge in [-0.05, 0) is 35.1 Å². The Bertz CT molecular complexity index is 663. The third kappa shape index (κ3) is 3.71. The smallest absolute Gasteiger partial charge is 0.251 e. The summed E-state index contributed by atoms with van der Waals surface area (Å²) in [4.78, 5) is 13.6. The molecule has 2 aromatic rings. The SMILES string of the molecule is CC(C)(C)[C@H](NC(=O)c1cccc(C#N)c1)c1cccs1. The predicted octanol–water partition coefficient (Wildman–Crippen LogP) is 4.14. The molecule has 0 aliphatic carbocycles. The monoisotopic (exact) mass is 298 g/mol. The summed E-state index contributed by atoms with van der Waals surface area (Å²) in [7, 11) is 0. The lowest BCUT2D eigenvalue weighted by molar-refractivity contribution is 0.0903. The summed E-state index contributed by atoms with van der Waals surface area (Å²) < 4.78 is 0. The van der Waals surface area contributed by atoms with Gasteiger partial charge < -0.3 is 5.32 Å². The van der Waals surface area contributed by atoms with E-state index in [9.17, 15) is 4.79 Å². The lowest BCUT2D eigenvalue weighted by Crippen LogP contribution is -2.36. The fourth-order valence-corrected chi connectivity index (χ4v) is 3.13. The first-order valence-electron chi connectivity index (χ1n) is 6.76. The highest BCUT2D eigenvalue weighted by molar-refractivity contribution is 7.10. The number of nitrogens with one attached hydrogen (secondary N) is 1. The van der Waals surface area contributed by atoms with Crippen LogP contribution in [0.15, 0.2) is 41.8 Å². The Labute approximate surface area is 129 Å². The van der Waals surface area contributed by atoms with Gasteiger partial charge in [0.15, 0.2) is 0 Å². The third-order valence-electron chi connectivity index (χ3n) is 3.22. The summed E-state index contributed by atoms with van der Waals surface area (Å²) in [6.45, 7) is 6.30. The van der Waals surface area contributed by atoms with Crippen LogP contribution in [0.5, 0.6) is 0 Å². The van der Waals surface area contributed by atoms with E-state index in [1.54, 1.807) is 35.6 Å². The van der Waals surface area contributed by atoms with Crippen LogP contribution < -0.4 is 5.32 Å². The van der Waals surface area contributed by atoms with Crippen LogP contribution in [0.3, 0.4) is 0 Å². The molecule has 1 atom stereocenters. The Hall–Kier alpha value is -2.12. The molecule has 0 saturated heterocycles. The first kappa shape index (κ1) is 15.3. The molecule has 0 aliphatic heterocycles. The zero-order chi connectivity index (χ0) is 15.5. The highest BCUT2D eigenvalue weighted by Gasteiger charge is 2.28. The molecule has 1 heterocycles. The second kappa shape index (κ2) is 6.11. The summed E-state index contributed by atoms with van der Waals surface area (Å²) >= 11 is 1.64. The zero-order valence-corrected chi connectivity index (χ0v) is 13.2. The molecule has 2 rings (SSSR count). The fraction of sp³-hybridized carbons (Fsp3) is 0.294. The Morgan fingerprint density at radius 3 is 2.62 bits per heavy atom. The van der Waals surface area contributed by atoms with Crippen molar-refractivity contribution in [2.24, 2.45) is 5.41 Å². The predicted molar refractivity (Wildman–Crippen MR) is 85.1 cm³/mol. The zero-order valence-electron chi connectivity index (χ0n) is 12.4. The highest BCUT2D eigenvalue weighted by Crippen LogP contribution is 2.35. The number of hydrogen-bond donors (Lipinski definition) is 1. The molecule has 1 amide bonds. The van der Waals surface area contributed by atoms with Gasteiger partial charge in [-0.1, -0.05) is 32.9 Å². The fourth-order valence-electron chi connectivity index (χ4n) is 2.11. The molecule has 0 spiro atoms. The number of amides is 1. The first-order valence-corrected chi connectivity index (χ1v) is 7.64. The van der Waals surface area contributed by atoms with Crippen LogP contribution in [0.2, 0.25) is 0 Å². The van der Waals surface area contributed by atoms with Gasteiger partial charge >= 0.3 is 0 Å². The van der Waals surface area contributed by atoms with Crippen LogP contribution in [0, 0.1) is 16.7 Å². The number of carbonyl (C=O) groups is 1. The minimum absolute atomic E-state index is 0.0595. The maximum atomic E-state index is 12.4. The summed E-state index contributed by atoms with van der Waals surface area (Å²) in [5, 5.41) is 14.0. The second-order valence-electron chi connectivity index (χ2n) is 5.98. The first-order chi connectivity index (χ1) is 9.91. The number of thiophene rings is 1. The number of nitriles is 1. The Morgan fingerprint density at radius 2 is 2.05 bits per heavy atom. The standard InChI is InChI=1S/C17H18N2OS/c1-17(2,3)15(14-8-5-9-21-14)19-16(20)13-7-4-6-12(10-13)11-18/h4-10,15H,1-3H3,(H,19,20)/t15-/m1/s1. The van der Waals surface area contributed by atoms with Gasteiger partial charge in [0, 0.05) is 10.4 Å². The Balaban J connectivity index is 2.25. The number of hydrogen-bond acceptors (Lipinski definition) is 3. The molecule has 1 aromatic heterocycles. The Morgan fingerprint density at radius 1 is 1.29 bits per heavy atom. The molecule has 4 heteroatoms. The minimum Gasteiger partial charge on any atom is -0.344 e. The van der Waals surface area contributed by atoms with Gasteiger partial charge in [-0.2, -0.15) is 5.26 Å². The van der Waals surface area contributed by atoms with Crippen LogP contribution in [-0.2, 0) is 0 Å². The maximum absolute atomic E-state index is 12.4. The van der Waals surface area contributed by atoms with Crippen molar-refractivity contribution in [3.63, 3.8) is 0 Å². The van der Waals surface area contributed by atoms with Gasteiger partial charge in [-0.15, -0.1) is 11.3 Å². The average molecular weight is 298 g/mol. The normalized spacial score (nSPS) is 12.5. The van der Waals surface area contributed by atoms with E-state index in [1.165, 1.54) is 0 Å². The van der Waals surface area contributed by atoms with E-state index in [-0.39, 0.29) is 17.4 Å².